The normalized spacial score (nSPS) is 18.0. The van der Waals surface area contributed by atoms with E-state index in [4.69, 9.17) is 0 Å². The molecule has 3 heteroatoms. The minimum atomic E-state index is -1.46. The van der Waals surface area contributed by atoms with Gasteiger partial charge in [0.1, 0.15) is 0 Å². The molecule has 0 heterocycles. The van der Waals surface area contributed by atoms with Crippen molar-refractivity contribution < 1.29 is 17.4 Å². The Bertz CT molecular complexity index is 801. The molecule has 0 bridgehead atoms. The maximum absolute atomic E-state index is 2.90. The third kappa shape index (κ3) is 11.7. The Balaban J connectivity index is 1.63. The summed E-state index contributed by atoms with van der Waals surface area (Å²) in [6.07, 6.45) is 25.8. The molecule has 1 atom stereocenters. The van der Waals surface area contributed by atoms with Crippen molar-refractivity contribution in [2.75, 3.05) is 13.6 Å². The van der Waals surface area contributed by atoms with Crippen molar-refractivity contribution >= 4 is 12.6 Å². The summed E-state index contributed by atoms with van der Waals surface area (Å²) >= 11 is -1.46. The van der Waals surface area contributed by atoms with Gasteiger partial charge in [0, 0.05) is 0 Å². The predicted molar refractivity (Wildman–Crippen MR) is 167 cm³/mol. The molecule has 2 rings (SSSR count). The van der Waals surface area contributed by atoms with Gasteiger partial charge in [-0.25, -0.2) is 0 Å². The number of rotatable bonds is 21. The van der Waals surface area contributed by atoms with Crippen molar-refractivity contribution in [3.63, 3.8) is 0 Å². The number of allylic oxidation sites excluding steroid dienone is 4. The first-order valence-corrected chi connectivity index (χ1v) is 22.1. The summed E-state index contributed by atoms with van der Waals surface area (Å²) in [5, 5.41) is 1.67. The third-order valence-electron chi connectivity index (χ3n) is 9.06. The average molecular weight is 559 g/mol. The van der Waals surface area contributed by atoms with Gasteiger partial charge in [-0.05, 0) is 0 Å². The van der Waals surface area contributed by atoms with Gasteiger partial charge in [0.05, 0.1) is 0 Å². The van der Waals surface area contributed by atoms with Gasteiger partial charge < -0.3 is 0 Å². The molecular weight excluding hydrogens is 498 g/mol. The van der Waals surface area contributed by atoms with Crippen LogP contribution in [0.3, 0.4) is 0 Å². The molecule has 0 N–H and O–H groups in total. The van der Waals surface area contributed by atoms with Crippen LogP contribution in [0.1, 0.15) is 137 Å². The quantitative estimate of drug-likeness (QED) is 0.107. The van der Waals surface area contributed by atoms with Gasteiger partial charge in [-0.2, -0.15) is 0 Å². The standard InChI is InChI=1S/C19H40N.C9H13.C6H7Si.Ti/c1-3-4-5-6-7-8-9-10-11-12-13-14-15-16-17-18-19-20-2;1-6-5-7(2)9(4)8(6)3;7-6-4-2-1-3-5-6;/h3-19H2,1-2H3;5H,1-4H3;1-5H,7H2;/q-1;;;+1. The van der Waals surface area contributed by atoms with Gasteiger partial charge in [0.15, 0.2) is 0 Å². The van der Waals surface area contributed by atoms with E-state index < -0.39 is 17.4 Å². The topological polar surface area (TPSA) is 3.24 Å². The second kappa shape index (κ2) is 18.8. The van der Waals surface area contributed by atoms with E-state index in [2.05, 4.69) is 81.5 Å². The Morgan fingerprint density at radius 2 is 1.16 bits per heavy atom. The molecule has 1 aliphatic carbocycles. The summed E-state index contributed by atoms with van der Waals surface area (Å²) in [6, 6.07) is 11.5. The zero-order valence-electron chi connectivity index (χ0n) is 25.6. The van der Waals surface area contributed by atoms with Gasteiger partial charge in [0.2, 0.25) is 0 Å². The summed E-state index contributed by atoms with van der Waals surface area (Å²) in [4.78, 5) is 0. The van der Waals surface area contributed by atoms with Crippen molar-refractivity contribution in [1.29, 1.82) is 0 Å². The Morgan fingerprint density at radius 3 is 1.59 bits per heavy atom. The molecule has 37 heavy (non-hydrogen) atoms. The first-order valence-electron chi connectivity index (χ1n) is 15.9. The first kappa shape index (κ1) is 32.8. The molecule has 1 aliphatic rings. The van der Waals surface area contributed by atoms with Crippen LogP contribution in [0.25, 0.3) is 0 Å². The summed E-state index contributed by atoms with van der Waals surface area (Å²) in [5.41, 5.74) is 4.76. The molecule has 0 fully saturated rings. The van der Waals surface area contributed by atoms with Crippen LogP contribution in [-0.2, 0) is 17.4 Å². The Kier molecular flexibility index (Phi) is 16.7. The van der Waals surface area contributed by atoms with Crippen molar-refractivity contribution in [3.8, 4) is 0 Å². The number of nitrogens with zero attached hydrogens (tertiary/aromatic N) is 1. The van der Waals surface area contributed by atoms with Crippen LogP contribution in [0.4, 0.5) is 0 Å². The van der Waals surface area contributed by atoms with Gasteiger partial charge in [0.25, 0.3) is 0 Å². The van der Waals surface area contributed by atoms with Crippen LogP contribution in [0.2, 0.25) is 3.72 Å². The maximum atomic E-state index is 2.90. The van der Waals surface area contributed by atoms with E-state index in [0.717, 1.165) is 0 Å². The molecule has 0 spiro atoms. The van der Waals surface area contributed by atoms with Gasteiger partial charge in [-0.15, -0.1) is 0 Å². The van der Waals surface area contributed by atoms with Crippen LogP contribution in [0, 0.1) is 0 Å². The summed E-state index contributed by atoms with van der Waals surface area (Å²) in [5.74, 6) is 0. The second-order valence-corrected chi connectivity index (χ2v) is 21.9. The Labute approximate surface area is 240 Å². The molecular formula is C34H60NSiTi. The predicted octanol–water partition coefficient (Wildman–Crippen LogP) is 9.60. The third-order valence-corrected chi connectivity index (χ3v) is 23.5. The number of unbranched alkanes of at least 4 members (excludes halogenated alkanes) is 15. The summed E-state index contributed by atoms with van der Waals surface area (Å²) < 4.78 is 3.24. The van der Waals surface area contributed by atoms with Gasteiger partial charge in [-0.1, -0.05) is 45.4 Å². The van der Waals surface area contributed by atoms with Crippen molar-refractivity contribution in [2.45, 2.75) is 141 Å². The van der Waals surface area contributed by atoms with Crippen LogP contribution in [-0.4, -0.2) is 24.4 Å². The van der Waals surface area contributed by atoms with Crippen LogP contribution < -0.4 is 5.19 Å². The first-order chi connectivity index (χ1) is 17.9. The second-order valence-electron chi connectivity index (χ2n) is 12.1. The minimum absolute atomic E-state index is 0.261. The fourth-order valence-electron chi connectivity index (χ4n) is 6.17. The molecule has 1 aromatic rings. The molecule has 0 aliphatic heterocycles. The summed E-state index contributed by atoms with van der Waals surface area (Å²) in [6.45, 7) is 13.3. The molecule has 0 saturated carbocycles. The van der Waals surface area contributed by atoms with E-state index in [-0.39, 0.29) is 7.39 Å². The van der Waals surface area contributed by atoms with Gasteiger partial charge in [-0.3, -0.25) is 0 Å². The average Bonchev–Trinajstić information content (AvgIpc) is 3.10. The van der Waals surface area contributed by atoms with Crippen LogP contribution >= 0.6 is 0 Å². The van der Waals surface area contributed by atoms with Crippen LogP contribution in [0.5, 0.6) is 0 Å². The molecule has 0 saturated heterocycles. The van der Waals surface area contributed by atoms with Crippen LogP contribution in [0.15, 0.2) is 53.1 Å². The van der Waals surface area contributed by atoms with E-state index in [1.54, 1.807) is 16.3 Å². The molecule has 1 nitrogen and oxygen atoms in total. The number of benzene rings is 1. The molecule has 0 amide bonds. The van der Waals surface area contributed by atoms with E-state index in [0.29, 0.717) is 3.72 Å². The fraction of sp³-hybridized carbons (Fsp3) is 0.706. The van der Waals surface area contributed by atoms with Crippen molar-refractivity contribution in [2.24, 2.45) is 0 Å². The van der Waals surface area contributed by atoms with Crippen molar-refractivity contribution in [1.82, 2.24) is 3.38 Å². The van der Waals surface area contributed by atoms with E-state index in [9.17, 15) is 0 Å². The zero-order valence-corrected chi connectivity index (χ0v) is 28.6. The Morgan fingerprint density at radius 1 is 0.703 bits per heavy atom. The van der Waals surface area contributed by atoms with E-state index in [1.807, 2.05) is 0 Å². The fourth-order valence-corrected chi connectivity index (χ4v) is 19.2. The Hall–Kier alpha value is -0.409. The van der Waals surface area contributed by atoms with E-state index in [1.165, 1.54) is 115 Å². The molecule has 0 aromatic heterocycles. The number of hydrogen-bond donors (Lipinski definition) is 0. The van der Waals surface area contributed by atoms with Gasteiger partial charge >= 0.3 is 196 Å². The molecule has 209 valence electrons. The zero-order chi connectivity index (χ0) is 26.9. The monoisotopic (exact) mass is 558 g/mol. The SMILES string of the molecule is CCCCCCCCCCCCCCCCCC[N](C)[Ti]([SiH2]c1ccccc1)[C]1(C)C=C(C)C(C)=C1C. The number of hydrogen-bond acceptors (Lipinski definition) is 1. The molecule has 1 unspecified atom stereocenters. The van der Waals surface area contributed by atoms with Crippen molar-refractivity contribution in [3.05, 3.63) is 53.1 Å². The molecule has 0 radical (unpaired) electrons. The summed E-state index contributed by atoms with van der Waals surface area (Å²) in [7, 11) is 2.22. The molecule has 1 aromatic carbocycles. The van der Waals surface area contributed by atoms with E-state index >= 15 is 0 Å².